The van der Waals surface area contributed by atoms with E-state index in [0.29, 0.717) is 18.5 Å². The Morgan fingerprint density at radius 2 is 2.05 bits per heavy atom. The van der Waals surface area contributed by atoms with E-state index in [1.165, 1.54) is 4.90 Å². The SMILES string of the molecule is CC(CNCc1ccco1)Sc1ccc2c(c1)OCCO2. The highest BCUT2D eigenvalue weighted by Gasteiger charge is 2.13. The maximum Gasteiger partial charge on any atom is 0.162 e. The quantitative estimate of drug-likeness (QED) is 0.829. The normalized spacial score (nSPS) is 14.9. The molecule has 0 aliphatic carbocycles. The second-order valence-corrected chi connectivity index (χ2v) is 6.46. The first-order valence-corrected chi connectivity index (χ1v) is 7.98. The molecule has 3 rings (SSSR count). The molecule has 0 spiro atoms. The molecule has 2 aromatic rings. The zero-order valence-electron chi connectivity index (χ0n) is 12.0. The molecule has 0 amide bonds. The molecule has 0 saturated carbocycles. The van der Waals surface area contributed by atoms with Crippen LogP contribution in [0.1, 0.15) is 12.7 Å². The average molecular weight is 305 g/mol. The van der Waals surface area contributed by atoms with Gasteiger partial charge in [-0.1, -0.05) is 6.92 Å². The molecule has 1 N–H and O–H groups in total. The molecule has 0 bridgehead atoms. The summed E-state index contributed by atoms with van der Waals surface area (Å²) < 4.78 is 16.4. The predicted octanol–water partition coefficient (Wildman–Crippen LogP) is 3.32. The Kier molecular flexibility index (Phi) is 4.72. The fraction of sp³-hybridized carbons (Fsp3) is 0.375. The molecule has 1 aromatic carbocycles. The van der Waals surface area contributed by atoms with Crippen molar-refractivity contribution in [2.24, 2.45) is 0 Å². The van der Waals surface area contributed by atoms with Crippen LogP contribution in [-0.2, 0) is 6.54 Å². The molecular weight excluding hydrogens is 286 g/mol. The van der Waals surface area contributed by atoms with Crippen molar-refractivity contribution in [1.29, 1.82) is 0 Å². The van der Waals surface area contributed by atoms with E-state index < -0.39 is 0 Å². The number of nitrogens with one attached hydrogen (secondary N) is 1. The molecule has 1 atom stereocenters. The van der Waals surface area contributed by atoms with Gasteiger partial charge in [-0.2, -0.15) is 0 Å². The number of fused-ring (bicyclic) bond motifs is 1. The van der Waals surface area contributed by atoms with Gasteiger partial charge in [-0.05, 0) is 30.3 Å². The summed E-state index contributed by atoms with van der Waals surface area (Å²) in [5.74, 6) is 2.66. The highest BCUT2D eigenvalue weighted by molar-refractivity contribution is 8.00. The van der Waals surface area contributed by atoms with E-state index in [1.54, 1.807) is 6.26 Å². The minimum Gasteiger partial charge on any atom is -0.486 e. The lowest BCUT2D eigenvalue weighted by Gasteiger charge is -2.19. The number of furan rings is 1. The van der Waals surface area contributed by atoms with Crippen molar-refractivity contribution >= 4 is 11.8 Å². The van der Waals surface area contributed by atoms with Gasteiger partial charge in [-0.15, -0.1) is 11.8 Å². The van der Waals surface area contributed by atoms with Crippen LogP contribution in [0.15, 0.2) is 45.9 Å². The van der Waals surface area contributed by atoms with Gasteiger partial charge >= 0.3 is 0 Å². The van der Waals surface area contributed by atoms with Crippen LogP contribution in [0.25, 0.3) is 0 Å². The third-order valence-corrected chi connectivity index (χ3v) is 4.26. The highest BCUT2D eigenvalue weighted by atomic mass is 32.2. The Morgan fingerprint density at radius 1 is 1.19 bits per heavy atom. The molecule has 1 unspecified atom stereocenters. The van der Waals surface area contributed by atoms with Crippen molar-refractivity contribution < 1.29 is 13.9 Å². The first kappa shape index (κ1) is 14.4. The first-order chi connectivity index (χ1) is 10.3. The van der Waals surface area contributed by atoms with Crippen molar-refractivity contribution in [3.05, 3.63) is 42.4 Å². The van der Waals surface area contributed by atoms with Gasteiger partial charge in [0.25, 0.3) is 0 Å². The van der Waals surface area contributed by atoms with E-state index >= 15 is 0 Å². The van der Waals surface area contributed by atoms with Gasteiger partial charge in [0.2, 0.25) is 0 Å². The molecule has 1 aliphatic rings. The molecule has 1 aliphatic heterocycles. The predicted molar refractivity (Wildman–Crippen MR) is 83.2 cm³/mol. The van der Waals surface area contributed by atoms with E-state index in [4.69, 9.17) is 13.9 Å². The topological polar surface area (TPSA) is 43.6 Å². The van der Waals surface area contributed by atoms with Crippen LogP contribution >= 0.6 is 11.8 Å². The molecular formula is C16H19NO3S. The van der Waals surface area contributed by atoms with Crippen LogP contribution in [-0.4, -0.2) is 25.0 Å². The maximum atomic E-state index is 5.61. The van der Waals surface area contributed by atoms with Crippen molar-refractivity contribution in [3.8, 4) is 11.5 Å². The molecule has 0 fully saturated rings. The van der Waals surface area contributed by atoms with Crippen molar-refractivity contribution in [2.75, 3.05) is 19.8 Å². The molecule has 21 heavy (non-hydrogen) atoms. The summed E-state index contributed by atoms with van der Waals surface area (Å²) in [6.07, 6.45) is 1.70. The Labute approximate surface area is 128 Å². The van der Waals surface area contributed by atoms with Gasteiger partial charge in [0.05, 0.1) is 12.8 Å². The number of benzene rings is 1. The van der Waals surface area contributed by atoms with Gasteiger partial charge in [0.1, 0.15) is 19.0 Å². The first-order valence-electron chi connectivity index (χ1n) is 7.10. The number of hydrogen-bond acceptors (Lipinski definition) is 5. The van der Waals surface area contributed by atoms with Crippen molar-refractivity contribution in [1.82, 2.24) is 5.32 Å². The molecule has 0 radical (unpaired) electrons. The molecule has 2 heterocycles. The van der Waals surface area contributed by atoms with E-state index in [9.17, 15) is 0 Å². The average Bonchev–Trinajstić information content (AvgIpc) is 3.00. The number of hydrogen-bond donors (Lipinski definition) is 1. The van der Waals surface area contributed by atoms with Gasteiger partial charge in [-0.25, -0.2) is 0 Å². The molecule has 4 nitrogen and oxygen atoms in total. The summed E-state index contributed by atoms with van der Waals surface area (Å²) >= 11 is 1.82. The third kappa shape index (κ3) is 3.95. The summed E-state index contributed by atoms with van der Waals surface area (Å²) in [4.78, 5) is 1.20. The number of ether oxygens (including phenoxy) is 2. The zero-order chi connectivity index (χ0) is 14.5. The van der Waals surface area contributed by atoms with E-state index in [0.717, 1.165) is 30.3 Å². The Bertz CT molecular complexity index is 571. The van der Waals surface area contributed by atoms with E-state index in [2.05, 4.69) is 24.4 Å². The third-order valence-electron chi connectivity index (χ3n) is 3.16. The molecule has 1 aromatic heterocycles. The highest BCUT2D eigenvalue weighted by Crippen LogP contribution is 2.35. The van der Waals surface area contributed by atoms with Gasteiger partial charge in [-0.3, -0.25) is 0 Å². The zero-order valence-corrected chi connectivity index (χ0v) is 12.8. The van der Waals surface area contributed by atoms with Gasteiger partial charge < -0.3 is 19.2 Å². The van der Waals surface area contributed by atoms with Crippen molar-refractivity contribution in [3.63, 3.8) is 0 Å². The van der Waals surface area contributed by atoms with E-state index in [1.807, 2.05) is 30.0 Å². The Morgan fingerprint density at radius 3 is 2.86 bits per heavy atom. The van der Waals surface area contributed by atoms with Crippen LogP contribution in [0.5, 0.6) is 11.5 Å². The fourth-order valence-corrected chi connectivity index (χ4v) is 3.17. The summed E-state index contributed by atoms with van der Waals surface area (Å²) in [6.45, 7) is 5.14. The van der Waals surface area contributed by atoms with Gasteiger partial charge in [0.15, 0.2) is 11.5 Å². The minimum absolute atomic E-state index is 0.461. The molecule has 0 saturated heterocycles. The number of thioether (sulfide) groups is 1. The standard InChI is InChI=1S/C16H19NO3S/c1-12(10-17-11-13-3-2-6-18-13)21-14-4-5-15-16(9-14)20-8-7-19-15/h2-6,9,12,17H,7-8,10-11H2,1H3. The second-order valence-electron chi connectivity index (χ2n) is 4.94. The van der Waals surface area contributed by atoms with Crippen LogP contribution in [0.4, 0.5) is 0 Å². The lowest BCUT2D eigenvalue weighted by Crippen LogP contribution is -2.22. The summed E-state index contributed by atoms with van der Waals surface area (Å²) in [5, 5.41) is 3.86. The lowest BCUT2D eigenvalue weighted by molar-refractivity contribution is 0.171. The minimum atomic E-state index is 0.461. The monoisotopic (exact) mass is 305 g/mol. The number of rotatable bonds is 6. The Balaban J connectivity index is 1.49. The van der Waals surface area contributed by atoms with Gasteiger partial charge in [0, 0.05) is 16.7 Å². The summed E-state index contributed by atoms with van der Waals surface area (Å²) in [6, 6.07) is 10.0. The van der Waals surface area contributed by atoms with Crippen LogP contribution in [0, 0.1) is 0 Å². The lowest BCUT2D eigenvalue weighted by atomic mass is 10.3. The van der Waals surface area contributed by atoms with Crippen LogP contribution in [0.2, 0.25) is 0 Å². The fourth-order valence-electron chi connectivity index (χ4n) is 2.18. The second kappa shape index (κ2) is 6.91. The van der Waals surface area contributed by atoms with E-state index in [-0.39, 0.29) is 0 Å². The Hall–Kier alpha value is -1.59. The maximum absolute atomic E-state index is 5.61. The van der Waals surface area contributed by atoms with Crippen LogP contribution in [0.3, 0.4) is 0 Å². The molecule has 5 heteroatoms. The summed E-state index contributed by atoms with van der Waals surface area (Å²) in [5.41, 5.74) is 0. The molecule has 112 valence electrons. The largest absolute Gasteiger partial charge is 0.486 e. The summed E-state index contributed by atoms with van der Waals surface area (Å²) in [7, 11) is 0. The van der Waals surface area contributed by atoms with Crippen LogP contribution < -0.4 is 14.8 Å². The van der Waals surface area contributed by atoms with Crippen molar-refractivity contribution in [2.45, 2.75) is 23.6 Å². The smallest absolute Gasteiger partial charge is 0.162 e.